The zero-order valence-corrected chi connectivity index (χ0v) is 14.4. The van der Waals surface area contributed by atoms with Crippen LogP contribution < -0.4 is 4.74 Å². The van der Waals surface area contributed by atoms with Gasteiger partial charge < -0.3 is 4.74 Å². The topological polar surface area (TPSA) is 87.0 Å². The van der Waals surface area contributed by atoms with Gasteiger partial charge in [-0.1, -0.05) is 30.3 Å². The standard InChI is InChI=1S/C21H13N5O/c1-27-17-9-7-15(8-10-17)20-16(11-22)13-24-21-18(12-23)19(25-26(20)21)14-5-3-2-4-6-14/h2-10,13H,1H3. The van der Waals surface area contributed by atoms with Gasteiger partial charge in [0.2, 0.25) is 0 Å². The smallest absolute Gasteiger partial charge is 0.174 e. The number of nitriles is 2. The van der Waals surface area contributed by atoms with Crippen molar-refractivity contribution < 1.29 is 4.74 Å². The number of hydrogen-bond donors (Lipinski definition) is 0. The van der Waals surface area contributed by atoms with Gasteiger partial charge >= 0.3 is 0 Å². The van der Waals surface area contributed by atoms with Crippen LogP contribution in [-0.2, 0) is 0 Å². The molecule has 0 saturated carbocycles. The summed E-state index contributed by atoms with van der Waals surface area (Å²) in [5.74, 6) is 0.714. The van der Waals surface area contributed by atoms with E-state index in [0.29, 0.717) is 33.9 Å². The fourth-order valence-electron chi connectivity index (χ4n) is 2.99. The average Bonchev–Trinajstić information content (AvgIpc) is 3.12. The molecule has 0 bridgehead atoms. The molecule has 0 aliphatic carbocycles. The summed E-state index contributed by atoms with van der Waals surface area (Å²) in [4.78, 5) is 4.32. The first-order chi connectivity index (χ1) is 13.3. The van der Waals surface area contributed by atoms with Crippen LogP contribution in [0.4, 0.5) is 0 Å². The molecule has 0 N–H and O–H groups in total. The fourth-order valence-corrected chi connectivity index (χ4v) is 2.99. The quantitative estimate of drug-likeness (QED) is 0.560. The molecule has 2 aromatic heterocycles. The number of hydrogen-bond acceptors (Lipinski definition) is 5. The minimum Gasteiger partial charge on any atom is -0.497 e. The van der Waals surface area contributed by atoms with Gasteiger partial charge in [-0.15, -0.1) is 0 Å². The van der Waals surface area contributed by atoms with Gasteiger partial charge in [-0.3, -0.25) is 0 Å². The molecule has 27 heavy (non-hydrogen) atoms. The summed E-state index contributed by atoms with van der Waals surface area (Å²) < 4.78 is 6.78. The van der Waals surface area contributed by atoms with Crippen LogP contribution in [0.3, 0.4) is 0 Å². The van der Waals surface area contributed by atoms with Gasteiger partial charge in [0.25, 0.3) is 0 Å². The molecule has 6 nitrogen and oxygen atoms in total. The Kier molecular flexibility index (Phi) is 4.00. The summed E-state index contributed by atoms with van der Waals surface area (Å²) in [7, 11) is 1.60. The number of rotatable bonds is 3. The molecule has 6 heteroatoms. The van der Waals surface area contributed by atoms with Gasteiger partial charge in [-0.05, 0) is 24.3 Å². The number of methoxy groups -OCH3 is 1. The van der Waals surface area contributed by atoms with Gasteiger partial charge in [0.15, 0.2) is 5.65 Å². The molecule has 4 aromatic rings. The molecule has 0 aliphatic heterocycles. The first-order valence-corrected chi connectivity index (χ1v) is 8.18. The molecular formula is C21H13N5O. The van der Waals surface area contributed by atoms with Gasteiger partial charge in [-0.25, -0.2) is 9.50 Å². The van der Waals surface area contributed by atoms with Gasteiger partial charge in [0.1, 0.15) is 29.1 Å². The van der Waals surface area contributed by atoms with Crippen molar-refractivity contribution in [2.45, 2.75) is 0 Å². The van der Waals surface area contributed by atoms with Crippen molar-refractivity contribution in [2.24, 2.45) is 0 Å². The highest BCUT2D eigenvalue weighted by Gasteiger charge is 2.20. The van der Waals surface area contributed by atoms with Crippen LogP contribution in [0.2, 0.25) is 0 Å². The second-order valence-corrected chi connectivity index (χ2v) is 5.80. The average molecular weight is 351 g/mol. The fraction of sp³-hybridized carbons (Fsp3) is 0.0476. The number of aromatic nitrogens is 3. The first-order valence-electron chi connectivity index (χ1n) is 8.18. The number of benzene rings is 2. The van der Waals surface area contributed by atoms with Crippen molar-refractivity contribution in [3.8, 4) is 40.4 Å². The Hall–Kier alpha value is -4.16. The minimum absolute atomic E-state index is 0.374. The van der Waals surface area contributed by atoms with E-state index in [4.69, 9.17) is 4.74 Å². The van der Waals surface area contributed by atoms with Crippen molar-refractivity contribution in [3.63, 3.8) is 0 Å². The van der Waals surface area contributed by atoms with E-state index in [-0.39, 0.29) is 0 Å². The van der Waals surface area contributed by atoms with Gasteiger partial charge in [-0.2, -0.15) is 15.6 Å². The normalized spacial score (nSPS) is 10.3. The maximum Gasteiger partial charge on any atom is 0.174 e. The lowest BCUT2D eigenvalue weighted by Gasteiger charge is -2.08. The lowest BCUT2D eigenvalue weighted by Crippen LogP contribution is -2.00. The summed E-state index contributed by atoms with van der Waals surface area (Å²) in [6, 6.07) is 21.2. The summed E-state index contributed by atoms with van der Waals surface area (Å²) in [6.07, 6.45) is 1.48. The number of ether oxygens (including phenoxy) is 1. The van der Waals surface area contributed by atoms with Crippen LogP contribution in [0.1, 0.15) is 11.1 Å². The van der Waals surface area contributed by atoms with E-state index in [2.05, 4.69) is 22.2 Å². The van der Waals surface area contributed by atoms with Crippen molar-refractivity contribution >= 4 is 5.65 Å². The van der Waals surface area contributed by atoms with E-state index in [0.717, 1.165) is 11.1 Å². The van der Waals surface area contributed by atoms with Crippen molar-refractivity contribution in [3.05, 3.63) is 71.9 Å². The highest BCUT2D eigenvalue weighted by atomic mass is 16.5. The maximum absolute atomic E-state index is 9.70. The number of fused-ring (bicyclic) bond motifs is 1. The van der Waals surface area contributed by atoms with Crippen LogP contribution in [0.5, 0.6) is 5.75 Å². The van der Waals surface area contributed by atoms with Gasteiger partial charge in [0.05, 0.1) is 18.4 Å². The summed E-state index contributed by atoms with van der Waals surface area (Å²) >= 11 is 0. The Morgan fingerprint density at radius 1 is 0.926 bits per heavy atom. The molecular weight excluding hydrogens is 338 g/mol. The third-order valence-electron chi connectivity index (χ3n) is 4.29. The Balaban J connectivity index is 2.04. The second-order valence-electron chi connectivity index (χ2n) is 5.80. The largest absolute Gasteiger partial charge is 0.497 e. The molecule has 2 aromatic carbocycles. The molecule has 0 unspecified atom stereocenters. The van der Waals surface area contributed by atoms with E-state index in [9.17, 15) is 10.5 Å². The minimum atomic E-state index is 0.374. The predicted octanol–water partition coefficient (Wildman–Crippen LogP) is 3.82. The lowest BCUT2D eigenvalue weighted by atomic mass is 10.1. The molecule has 0 amide bonds. The Labute approximate surface area is 155 Å². The van der Waals surface area contributed by atoms with Crippen LogP contribution in [-0.4, -0.2) is 21.7 Å². The second kappa shape index (κ2) is 6.62. The van der Waals surface area contributed by atoms with E-state index in [1.165, 1.54) is 6.20 Å². The van der Waals surface area contributed by atoms with Crippen molar-refractivity contribution in [1.82, 2.24) is 14.6 Å². The van der Waals surface area contributed by atoms with E-state index in [1.807, 2.05) is 54.6 Å². The van der Waals surface area contributed by atoms with E-state index in [1.54, 1.807) is 11.6 Å². The molecule has 0 fully saturated rings. The molecule has 0 spiro atoms. The highest BCUT2D eigenvalue weighted by molar-refractivity contribution is 5.78. The van der Waals surface area contributed by atoms with Crippen molar-refractivity contribution in [2.75, 3.05) is 7.11 Å². The third-order valence-corrected chi connectivity index (χ3v) is 4.29. The molecule has 128 valence electrons. The van der Waals surface area contributed by atoms with E-state index >= 15 is 0 Å². The summed E-state index contributed by atoms with van der Waals surface area (Å²) in [6.45, 7) is 0. The molecule has 0 saturated heterocycles. The van der Waals surface area contributed by atoms with Crippen LogP contribution >= 0.6 is 0 Å². The van der Waals surface area contributed by atoms with Crippen LogP contribution in [0.15, 0.2) is 60.8 Å². The number of nitrogens with zero attached hydrogens (tertiary/aromatic N) is 5. The zero-order valence-electron chi connectivity index (χ0n) is 14.4. The Morgan fingerprint density at radius 3 is 2.30 bits per heavy atom. The predicted molar refractivity (Wildman–Crippen MR) is 99.8 cm³/mol. The summed E-state index contributed by atoms with van der Waals surface area (Å²) in [5, 5.41) is 23.9. The maximum atomic E-state index is 9.70. The molecule has 0 atom stereocenters. The van der Waals surface area contributed by atoms with Crippen LogP contribution in [0, 0.1) is 22.7 Å². The molecule has 2 heterocycles. The molecule has 0 aliphatic rings. The lowest BCUT2D eigenvalue weighted by molar-refractivity contribution is 0.415. The first kappa shape index (κ1) is 16.3. The monoisotopic (exact) mass is 351 g/mol. The Morgan fingerprint density at radius 2 is 1.67 bits per heavy atom. The molecule has 0 radical (unpaired) electrons. The SMILES string of the molecule is COc1ccc(-c2c(C#N)cnc3c(C#N)c(-c4ccccc4)nn23)cc1. The van der Waals surface area contributed by atoms with E-state index < -0.39 is 0 Å². The highest BCUT2D eigenvalue weighted by Crippen LogP contribution is 2.30. The zero-order chi connectivity index (χ0) is 18.8. The molecule has 4 rings (SSSR count). The van der Waals surface area contributed by atoms with Gasteiger partial charge in [0, 0.05) is 17.3 Å². The third kappa shape index (κ3) is 2.66. The van der Waals surface area contributed by atoms with Crippen LogP contribution in [0.25, 0.3) is 28.2 Å². The van der Waals surface area contributed by atoms with Crippen molar-refractivity contribution in [1.29, 1.82) is 10.5 Å². The Bertz CT molecular complexity index is 1210. The summed E-state index contributed by atoms with van der Waals surface area (Å²) in [5.41, 5.74) is 3.89.